The van der Waals surface area contributed by atoms with Crippen LogP contribution in [-0.2, 0) is 16.8 Å². The molecule has 0 saturated heterocycles. The zero-order chi connectivity index (χ0) is 24.1. The van der Waals surface area contributed by atoms with Crippen molar-refractivity contribution in [3.8, 4) is 5.75 Å². The van der Waals surface area contributed by atoms with Crippen LogP contribution in [-0.4, -0.2) is 34.3 Å². The van der Waals surface area contributed by atoms with Gasteiger partial charge in [-0.2, -0.15) is 5.10 Å². The number of ether oxygens (including phenoxy) is 1. The molecule has 0 atom stereocenters. The van der Waals surface area contributed by atoms with E-state index >= 15 is 0 Å². The Labute approximate surface area is 204 Å². The normalized spacial score (nSPS) is 11.1. The average molecular weight is 519 g/mol. The summed E-state index contributed by atoms with van der Waals surface area (Å²) in [6.45, 7) is 0.104. The Morgan fingerprint density at radius 2 is 1.68 bits per heavy atom. The molecule has 4 aromatic rings. The number of carbonyl (C=O) groups excluding carboxylic acids is 1. The molecule has 2 aromatic carbocycles. The maximum absolute atomic E-state index is 12.5. The highest BCUT2D eigenvalue weighted by Crippen LogP contribution is 2.18. The summed E-state index contributed by atoms with van der Waals surface area (Å²) >= 11 is 11.5. The second-order valence-electron chi connectivity index (χ2n) is 6.79. The van der Waals surface area contributed by atoms with Crippen molar-refractivity contribution in [2.45, 2.75) is 11.6 Å². The quantitative estimate of drug-likeness (QED) is 0.359. The number of nitrogens with one attached hydrogen (secondary N) is 2. The standard InChI is InChI=1S/C21H16Cl2N6O4S/c22-14-1-5-16(6-2-14)33-13-29-12-11-18(27-29)21(30)24-15-3-7-17(8-4-15)34(31,32)28-20-10-9-19(23)25-26-20/h1-12H,13H2,(H,24,30)(H,26,28). The lowest BCUT2D eigenvalue weighted by Gasteiger charge is -2.08. The van der Waals surface area contributed by atoms with Gasteiger partial charge in [-0.1, -0.05) is 23.2 Å². The molecular weight excluding hydrogens is 503 g/mol. The van der Waals surface area contributed by atoms with Crippen molar-refractivity contribution in [2.24, 2.45) is 0 Å². The predicted octanol–water partition coefficient (Wildman–Crippen LogP) is 4.07. The zero-order valence-corrected chi connectivity index (χ0v) is 19.5. The molecule has 0 unspecified atom stereocenters. The first-order chi connectivity index (χ1) is 16.3. The fourth-order valence-corrected chi connectivity index (χ4v) is 3.93. The van der Waals surface area contributed by atoms with Gasteiger partial charge in [0.15, 0.2) is 23.4 Å². The SMILES string of the molecule is O=C(Nc1ccc(S(=O)(=O)Nc2ccc(Cl)nn2)cc1)c1ccn(COc2ccc(Cl)cc2)n1. The largest absolute Gasteiger partial charge is 0.471 e. The molecule has 0 aliphatic rings. The Kier molecular flexibility index (Phi) is 6.96. The molecule has 2 heterocycles. The molecule has 2 aromatic heterocycles. The Bertz CT molecular complexity index is 1390. The van der Waals surface area contributed by atoms with Gasteiger partial charge >= 0.3 is 0 Å². The van der Waals surface area contributed by atoms with Crippen molar-refractivity contribution < 1.29 is 17.9 Å². The van der Waals surface area contributed by atoms with Crippen molar-refractivity contribution in [3.05, 3.63) is 88.8 Å². The van der Waals surface area contributed by atoms with Crippen molar-refractivity contribution in [1.82, 2.24) is 20.0 Å². The number of aromatic nitrogens is 4. The van der Waals surface area contributed by atoms with E-state index < -0.39 is 15.9 Å². The Morgan fingerprint density at radius 1 is 0.941 bits per heavy atom. The second-order valence-corrected chi connectivity index (χ2v) is 9.30. The highest BCUT2D eigenvalue weighted by atomic mass is 35.5. The van der Waals surface area contributed by atoms with Gasteiger partial charge in [0.05, 0.1) is 4.90 Å². The van der Waals surface area contributed by atoms with Gasteiger partial charge in [-0.25, -0.2) is 13.1 Å². The van der Waals surface area contributed by atoms with Crippen molar-refractivity contribution in [1.29, 1.82) is 0 Å². The number of hydrogen-bond donors (Lipinski definition) is 2. The lowest BCUT2D eigenvalue weighted by molar-refractivity contribution is 0.102. The van der Waals surface area contributed by atoms with Crippen LogP contribution in [0.3, 0.4) is 0 Å². The summed E-state index contributed by atoms with van der Waals surface area (Å²) in [5, 5.41) is 14.8. The van der Waals surface area contributed by atoms with E-state index in [-0.39, 0.29) is 28.3 Å². The number of carbonyl (C=O) groups is 1. The number of rotatable bonds is 8. The van der Waals surface area contributed by atoms with Gasteiger partial charge < -0.3 is 10.1 Å². The molecule has 13 heteroatoms. The van der Waals surface area contributed by atoms with E-state index in [1.165, 1.54) is 47.1 Å². The molecule has 174 valence electrons. The van der Waals surface area contributed by atoms with Crippen LogP contribution in [0.2, 0.25) is 10.2 Å². The van der Waals surface area contributed by atoms with E-state index in [1.807, 2.05) is 0 Å². The van der Waals surface area contributed by atoms with Crippen molar-refractivity contribution >= 4 is 50.6 Å². The van der Waals surface area contributed by atoms with Crippen molar-refractivity contribution in [2.75, 3.05) is 10.0 Å². The molecule has 0 fully saturated rings. The number of sulfonamides is 1. The molecule has 0 aliphatic heterocycles. The molecule has 0 spiro atoms. The van der Waals surface area contributed by atoms with Crippen LogP contribution in [0.1, 0.15) is 10.5 Å². The number of anilines is 2. The first-order valence-corrected chi connectivity index (χ1v) is 11.9. The van der Waals surface area contributed by atoms with Gasteiger partial charge in [-0.3, -0.25) is 9.52 Å². The van der Waals surface area contributed by atoms with Crippen LogP contribution < -0.4 is 14.8 Å². The Hall–Kier alpha value is -3.67. The van der Waals surface area contributed by atoms with Crippen LogP contribution in [0, 0.1) is 0 Å². The minimum absolute atomic E-state index is 0.0223. The van der Waals surface area contributed by atoms with Crippen molar-refractivity contribution in [3.63, 3.8) is 0 Å². The van der Waals surface area contributed by atoms with Gasteiger partial charge in [0, 0.05) is 16.9 Å². The Morgan fingerprint density at radius 3 is 2.35 bits per heavy atom. The molecule has 0 radical (unpaired) electrons. The molecule has 0 saturated carbocycles. The minimum Gasteiger partial charge on any atom is -0.471 e. The number of benzene rings is 2. The molecular formula is C21H16Cl2N6O4S. The molecule has 0 bridgehead atoms. The second kappa shape index (κ2) is 10.1. The molecule has 10 nitrogen and oxygen atoms in total. The minimum atomic E-state index is -3.90. The van der Waals surface area contributed by atoms with E-state index in [4.69, 9.17) is 27.9 Å². The van der Waals surface area contributed by atoms with Gasteiger partial charge in [0.2, 0.25) is 0 Å². The lowest BCUT2D eigenvalue weighted by atomic mass is 10.3. The lowest BCUT2D eigenvalue weighted by Crippen LogP contribution is -2.15. The zero-order valence-electron chi connectivity index (χ0n) is 17.2. The molecule has 4 rings (SSSR count). The molecule has 0 aliphatic carbocycles. The average Bonchev–Trinajstić information content (AvgIpc) is 3.30. The van der Waals surface area contributed by atoms with E-state index in [1.54, 1.807) is 30.5 Å². The maximum atomic E-state index is 12.5. The summed E-state index contributed by atoms with van der Waals surface area (Å²) in [6, 6.07) is 16.8. The van der Waals surface area contributed by atoms with Gasteiger partial charge in [-0.15, -0.1) is 10.2 Å². The van der Waals surface area contributed by atoms with Gasteiger partial charge in [0.1, 0.15) is 5.75 Å². The summed E-state index contributed by atoms with van der Waals surface area (Å²) < 4.78 is 34.3. The topological polar surface area (TPSA) is 128 Å². The summed E-state index contributed by atoms with van der Waals surface area (Å²) in [4.78, 5) is 12.5. The van der Waals surface area contributed by atoms with Crippen LogP contribution >= 0.6 is 23.2 Å². The third-order valence-corrected chi connectivity index (χ3v) is 6.17. The number of hydrogen-bond acceptors (Lipinski definition) is 7. The fourth-order valence-electron chi connectivity index (χ4n) is 2.71. The van der Waals surface area contributed by atoms with Crippen LogP contribution in [0.5, 0.6) is 5.75 Å². The van der Waals surface area contributed by atoms with Crippen LogP contribution in [0.15, 0.2) is 77.8 Å². The third-order valence-electron chi connectivity index (χ3n) is 4.34. The van der Waals surface area contributed by atoms with E-state index in [0.717, 1.165) is 0 Å². The predicted molar refractivity (Wildman–Crippen MR) is 127 cm³/mol. The highest BCUT2D eigenvalue weighted by Gasteiger charge is 2.16. The third kappa shape index (κ3) is 6.01. The maximum Gasteiger partial charge on any atom is 0.276 e. The Balaban J connectivity index is 1.35. The summed E-state index contributed by atoms with van der Waals surface area (Å²) in [7, 11) is -3.90. The van der Waals surface area contributed by atoms with Crippen LogP contribution in [0.25, 0.3) is 0 Å². The summed E-state index contributed by atoms with van der Waals surface area (Å²) in [5.74, 6) is 0.173. The molecule has 34 heavy (non-hydrogen) atoms. The van der Waals surface area contributed by atoms with E-state index in [0.29, 0.717) is 16.5 Å². The van der Waals surface area contributed by atoms with Crippen LogP contribution in [0.4, 0.5) is 11.5 Å². The molecule has 2 N–H and O–H groups in total. The van der Waals surface area contributed by atoms with E-state index in [2.05, 4.69) is 25.3 Å². The highest BCUT2D eigenvalue weighted by molar-refractivity contribution is 7.92. The molecule has 1 amide bonds. The smallest absolute Gasteiger partial charge is 0.276 e. The summed E-state index contributed by atoms with van der Waals surface area (Å²) in [6.07, 6.45) is 1.60. The van der Waals surface area contributed by atoms with Gasteiger partial charge in [-0.05, 0) is 66.7 Å². The monoisotopic (exact) mass is 518 g/mol. The fraction of sp³-hybridized carbons (Fsp3) is 0.0476. The number of halogens is 2. The van der Waals surface area contributed by atoms with E-state index in [9.17, 15) is 13.2 Å². The number of nitrogens with zero attached hydrogens (tertiary/aromatic N) is 4. The summed E-state index contributed by atoms with van der Waals surface area (Å²) in [5.41, 5.74) is 0.557. The van der Waals surface area contributed by atoms with Gasteiger partial charge in [0.25, 0.3) is 15.9 Å². The first kappa shape index (κ1) is 23.5. The number of amides is 1. The first-order valence-electron chi connectivity index (χ1n) is 9.64.